The monoisotopic (exact) mass is 256 g/mol. The van der Waals surface area contributed by atoms with Crippen LogP contribution < -0.4 is 9.47 Å². The quantitative estimate of drug-likeness (QED) is 0.769. The van der Waals surface area contributed by atoms with E-state index in [0.717, 1.165) is 12.8 Å². The Morgan fingerprint density at radius 1 is 1.33 bits per heavy atom. The van der Waals surface area contributed by atoms with Crippen LogP contribution in [0.3, 0.4) is 0 Å². The predicted molar refractivity (Wildman–Crippen MR) is 59.3 cm³/mol. The van der Waals surface area contributed by atoms with Crippen molar-refractivity contribution >= 4 is 0 Å². The Hall–Kier alpha value is -1.83. The van der Waals surface area contributed by atoms with Gasteiger partial charge in [-0.2, -0.15) is 0 Å². The number of halogens is 3. The molecule has 1 fully saturated rings. The molecule has 0 aliphatic heterocycles. The van der Waals surface area contributed by atoms with Gasteiger partial charge in [-0.15, -0.1) is 19.6 Å². The van der Waals surface area contributed by atoms with E-state index in [-0.39, 0.29) is 5.56 Å². The molecule has 1 saturated carbocycles. The van der Waals surface area contributed by atoms with Gasteiger partial charge in [0.15, 0.2) is 0 Å². The fourth-order valence-electron chi connectivity index (χ4n) is 1.42. The molecule has 1 aliphatic rings. The topological polar surface area (TPSA) is 18.5 Å². The van der Waals surface area contributed by atoms with Crippen LogP contribution in [-0.2, 0) is 0 Å². The van der Waals surface area contributed by atoms with Crippen LogP contribution in [0, 0.1) is 18.3 Å². The largest absolute Gasteiger partial charge is 0.573 e. The smallest absolute Gasteiger partial charge is 0.493 e. The van der Waals surface area contributed by atoms with Crippen molar-refractivity contribution in [2.24, 2.45) is 5.92 Å². The van der Waals surface area contributed by atoms with Crippen molar-refractivity contribution in [2.45, 2.75) is 19.2 Å². The van der Waals surface area contributed by atoms with E-state index in [1.165, 1.54) is 12.1 Å². The summed E-state index contributed by atoms with van der Waals surface area (Å²) in [6, 6.07) is 4.09. The van der Waals surface area contributed by atoms with E-state index < -0.39 is 12.1 Å². The van der Waals surface area contributed by atoms with Crippen molar-refractivity contribution in [1.82, 2.24) is 0 Å². The zero-order valence-corrected chi connectivity index (χ0v) is 9.46. The van der Waals surface area contributed by atoms with Crippen molar-refractivity contribution < 1.29 is 22.6 Å². The molecule has 96 valence electrons. The van der Waals surface area contributed by atoms with Crippen molar-refractivity contribution in [3.8, 4) is 23.8 Å². The summed E-state index contributed by atoms with van der Waals surface area (Å²) in [6.07, 6.45) is 2.56. The second-order valence-corrected chi connectivity index (χ2v) is 4.10. The average Bonchev–Trinajstić information content (AvgIpc) is 3.08. The van der Waals surface area contributed by atoms with Crippen molar-refractivity contribution in [1.29, 1.82) is 0 Å². The van der Waals surface area contributed by atoms with Crippen LogP contribution in [0.2, 0.25) is 0 Å². The zero-order chi connectivity index (χ0) is 13.2. The summed E-state index contributed by atoms with van der Waals surface area (Å²) in [7, 11) is 0. The lowest BCUT2D eigenvalue weighted by Gasteiger charge is -2.12. The lowest BCUT2D eigenvalue weighted by molar-refractivity contribution is -0.274. The van der Waals surface area contributed by atoms with E-state index in [1.54, 1.807) is 6.07 Å². The first-order valence-corrected chi connectivity index (χ1v) is 5.47. The van der Waals surface area contributed by atoms with Gasteiger partial charge in [-0.25, -0.2) is 0 Å². The Morgan fingerprint density at radius 3 is 2.61 bits per heavy atom. The lowest BCUT2D eigenvalue weighted by atomic mass is 10.2. The molecule has 0 radical (unpaired) electrons. The summed E-state index contributed by atoms with van der Waals surface area (Å²) >= 11 is 0. The standard InChI is InChI=1S/C13H11F3O2/c1-2-10-5-6-11(17-8-9-3-4-9)7-12(10)18-13(14,15)16/h1,5-7,9H,3-4,8H2. The summed E-state index contributed by atoms with van der Waals surface area (Å²) in [5, 5.41) is 0. The number of ether oxygens (including phenoxy) is 2. The average molecular weight is 256 g/mol. The molecular formula is C13H11F3O2. The van der Waals surface area contributed by atoms with Gasteiger partial charge in [-0.05, 0) is 30.9 Å². The molecule has 0 aromatic heterocycles. The Kier molecular flexibility index (Phi) is 3.37. The minimum absolute atomic E-state index is 0.0473. The fraction of sp³-hybridized carbons (Fsp3) is 0.385. The van der Waals surface area contributed by atoms with E-state index >= 15 is 0 Å². The molecule has 1 aromatic rings. The van der Waals surface area contributed by atoms with Gasteiger partial charge in [0.05, 0.1) is 12.2 Å². The van der Waals surface area contributed by atoms with Gasteiger partial charge in [-0.3, -0.25) is 0 Å². The maximum Gasteiger partial charge on any atom is 0.573 e. The van der Waals surface area contributed by atoms with E-state index in [0.29, 0.717) is 18.3 Å². The van der Waals surface area contributed by atoms with Gasteiger partial charge >= 0.3 is 6.36 Å². The molecular weight excluding hydrogens is 245 g/mol. The number of rotatable bonds is 4. The Bertz CT molecular complexity index is 470. The Balaban J connectivity index is 2.13. The minimum atomic E-state index is -4.76. The highest BCUT2D eigenvalue weighted by Crippen LogP contribution is 2.32. The van der Waals surface area contributed by atoms with Crippen LogP contribution in [0.1, 0.15) is 18.4 Å². The van der Waals surface area contributed by atoms with E-state index in [1.807, 2.05) is 0 Å². The molecule has 2 nitrogen and oxygen atoms in total. The first-order valence-electron chi connectivity index (χ1n) is 5.47. The third-order valence-electron chi connectivity index (χ3n) is 2.52. The molecule has 0 heterocycles. The Labute approximate surface area is 103 Å². The SMILES string of the molecule is C#Cc1ccc(OCC2CC2)cc1OC(F)(F)F. The second-order valence-electron chi connectivity index (χ2n) is 4.10. The molecule has 0 N–H and O–H groups in total. The lowest BCUT2D eigenvalue weighted by Crippen LogP contribution is -2.18. The first kappa shape index (κ1) is 12.6. The maximum atomic E-state index is 12.2. The molecule has 0 spiro atoms. The maximum absolute atomic E-state index is 12.2. The summed E-state index contributed by atoms with van der Waals surface area (Å²) in [4.78, 5) is 0. The number of hydrogen-bond donors (Lipinski definition) is 0. The molecule has 0 bridgehead atoms. The van der Waals surface area contributed by atoms with Crippen LogP contribution in [-0.4, -0.2) is 13.0 Å². The highest BCUT2D eigenvalue weighted by Gasteiger charge is 2.32. The summed E-state index contributed by atoms with van der Waals surface area (Å²) in [5.41, 5.74) is 0.0473. The van der Waals surface area contributed by atoms with Crippen LogP contribution in [0.15, 0.2) is 18.2 Å². The normalized spacial score (nSPS) is 15.0. The molecule has 0 amide bonds. The van der Waals surface area contributed by atoms with Gasteiger partial charge in [-0.1, -0.05) is 5.92 Å². The van der Waals surface area contributed by atoms with Crippen molar-refractivity contribution in [3.05, 3.63) is 23.8 Å². The summed E-state index contributed by atoms with van der Waals surface area (Å²) < 4.78 is 45.8. The van der Waals surface area contributed by atoms with Gasteiger partial charge in [0.25, 0.3) is 0 Å². The molecule has 1 aliphatic carbocycles. The third-order valence-corrected chi connectivity index (χ3v) is 2.52. The molecule has 5 heteroatoms. The number of alkyl halides is 3. The first-order chi connectivity index (χ1) is 8.48. The van der Waals surface area contributed by atoms with E-state index in [4.69, 9.17) is 11.2 Å². The van der Waals surface area contributed by atoms with E-state index in [2.05, 4.69) is 10.7 Å². The van der Waals surface area contributed by atoms with Gasteiger partial charge in [0, 0.05) is 6.07 Å². The van der Waals surface area contributed by atoms with Gasteiger partial charge < -0.3 is 9.47 Å². The second kappa shape index (κ2) is 4.81. The van der Waals surface area contributed by atoms with Crippen LogP contribution in [0.25, 0.3) is 0 Å². The highest BCUT2D eigenvalue weighted by molar-refractivity contribution is 5.49. The molecule has 18 heavy (non-hydrogen) atoms. The summed E-state index contributed by atoms with van der Waals surface area (Å²) in [5.74, 6) is 2.59. The molecule has 0 atom stereocenters. The van der Waals surface area contributed by atoms with Crippen LogP contribution in [0.4, 0.5) is 13.2 Å². The van der Waals surface area contributed by atoms with Crippen molar-refractivity contribution in [2.75, 3.05) is 6.61 Å². The predicted octanol–water partition coefficient (Wildman–Crippen LogP) is 3.36. The Morgan fingerprint density at radius 2 is 2.06 bits per heavy atom. The minimum Gasteiger partial charge on any atom is -0.493 e. The number of terminal acetylenes is 1. The van der Waals surface area contributed by atoms with E-state index in [9.17, 15) is 13.2 Å². The zero-order valence-electron chi connectivity index (χ0n) is 9.46. The number of benzene rings is 1. The third kappa shape index (κ3) is 3.59. The highest BCUT2D eigenvalue weighted by atomic mass is 19.4. The van der Waals surface area contributed by atoms with Crippen LogP contribution >= 0.6 is 0 Å². The molecule has 0 saturated heterocycles. The van der Waals surface area contributed by atoms with Crippen LogP contribution in [0.5, 0.6) is 11.5 Å². The molecule has 1 aromatic carbocycles. The van der Waals surface area contributed by atoms with Crippen molar-refractivity contribution in [3.63, 3.8) is 0 Å². The van der Waals surface area contributed by atoms with Gasteiger partial charge in [0.2, 0.25) is 0 Å². The fourth-order valence-corrected chi connectivity index (χ4v) is 1.42. The summed E-state index contributed by atoms with van der Waals surface area (Å²) in [6.45, 7) is 0.515. The molecule has 0 unspecified atom stereocenters. The van der Waals surface area contributed by atoms with Gasteiger partial charge in [0.1, 0.15) is 11.5 Å². The molecule has 2 rings (SSSR count). The number of hydrogen-bond acceptors (Lipinski definition) is 2.